The van der Waals surface area contributed by atoms with Crippen molar-refractivity contribution >= 4 is 17.5 Å². The molecule has 2 N–H and O–H groups in total. The maximum Gasteiger partial charge on any atom is 0.277 e. The summed E-state index contributed by atoms with van der Waals surface area (Å²) in [6.45, 7) is 0.204. The van der Waals surface area contributed by atoms with Crippen LogP contribution in [-0.2, 0) is 6.54 Å². The number of nitrogens with zero attached hydrogens (tertiary/aromatic N) is 1. The van der Waals surface area contributed by atoms with E-state index in [2.05, 4.69) is 15.5 Å². The molecule has 4 rings (SSSR count). The van der Waals surface area contributed by atoms with E-state index in [0.717, 1.165) is 16.7 Å². The molecule has 0 saturated heterocycles. The minimum atomic E-state index is -0.551. The molecule has 4 aromatic rings. The smallest absolute Gasteiger partial charge is 0.277 e. The molecule has 0 saturated carbocycles. The highest BCUT2D eigenvalue weighted by Crippen LogP contribution is 2.31. The fourth-order valence-electron chi connectivity index (χ4n) is 3.26. The Morgan fingerprint density at radius 3 is 2.13 bits per heavy atom. The van der Waals surface area contributed by atoms with Crippen LogP contribution in [0.1, 0.15) is 15.9 Å². The number of nitrogens with one attached hydrogen (secondary N) is 2. The van der Waals surface area contributed by atoms with E-state index in [-0.39, 0.29) is 12.1 Å². The molecule has 0 aliphatic carbocycles. The van der Waals surface area contributed by atoms with Crippen LogP contribution in [0.4, 0.5) is 0 Å². The largest absolute Gasteiger partial charge is 0.348 e. The first-order chi connectivity index (χ1) is 14.6. The molecule has 148 valence electrons. The van der Waals surface area contributed by atoms with Crippen molar-refractivity contribution in [2.24, 2.45) is 0 Å². The van der Waals surface area contributed by atoms with Gasteiger partial charge in [-0.05, 0) is 17.2 Å². The van der Waals surface area contributed by atoms with E-state index in [1.54, 1.807) is 6.07 Å². The quantitative estimate of drug-likeness (QED) is 0.496. The first-order valence-electron chi connectivity index (χ1n) is 9.40. The van der Waals surface area contributed by atoms with E-state index < -0.39 is 11.5 Å². The molecule has 1 heterocycles. The van der Waals surface area contributed by atoms with Crippen molar-refractivity contribution in [1.29, 1.82) is 0 Å². The standard InChI is InChI=1S/C24H18ClN3O2/c25-19-14-8-7-13-18(19)15-26-23(29)21-20(16-9-3-1-4-10-16)22(27-28-24(21)30)17-11-5-2-6-12-17/h1-14H,15H2,(H,26,29)(H,28,30). The van der Waals surface area contributed by atoms with Gasteiger partial charge in [0.25, 0.3) is 11.5 Å². The van der Waals surface area contributed by atoms with Crippen LogP contribution in [-0.4, -0.2) is 16.1 Å². The molecule has 5 nitrogen and oxygen atoms in total. The normalized spacial score (nSPS) is 10.6. The monoisotopic (exact) mass is 415 g/mol. The zero-order valence-electron chi connectivity index (χ0n) is 15.9. The maximum atomic E-state index is 13.1. The summed E-state index contributed by atoms with van der Waals surface area (Å²) >= 11 is 6.19. The molecule has 1 amide bonds. The second-order valence-electron chi connectivity index (χ2n) is 6.66. The lowest BCUT2D eigenvalue weighted by molar-refractivity contribution is 0.0950. The van der Waals surface area contributed by atoms with Crippen LogP contribution in [0.25, 0.3) is 22.4 Å². The van der Waals surface area contributed by atoms with E-state index in [1.165, 1.54) is 0 Å². The Kier molecular flexibility index (Phi) is 5.72. The number of H-pyrrole nitrogens is 1. The van der Waals surface area contributed by atoms with E-state index in [9.17, 15) is 9.59 Å². The minimum absolute atomic E-state index is 0.0158. The first kappa shape index (κ1) is 19.6. The topological polar surface area (TPSA) is 74.8 Å². The van der Waals surface area contributed by atoms with Crippen molar-refractivity contribution in [3.8, 4) is 22.4 Å². The summed E-state index contributed by atoms with van der Waals surface area (Å²) in [5.41, 5.74) is 2.78. The number of rotatable bonds is 5. The molecular formula is C24H18ClN3O2. The van der Waals surface area contributed by atoms with Crippen LogP contribution in [0, 0.1) is 0 Å². The number of halogens is 1. The van der Waals surface area contributed by atoms with Gasteiger partial charge in [0.15, 0.2) is 0 Å². The third-order valence-electron chi connectivity index (χ3n) is 4.72. The lowest BCUT2D eigenvalue weighted by atomic mass is 9.95. The third kappa shape index (κ3) is 4.02. The summed E-state index contributed by atoms with van der Waals surface area (Å²) in [5, 5.41) is 10.1. The highest BCUT2D eigenvalue weighted by Gasteiger charge is 2.22. The van der Waals surface area contributed by atoms with Crippen molar-refractivity contribution in [1.82, 2.24) is 15.5 Å². The second kappa shape index (κ2) is 8.76. The number of aromatic nitrogens is 2. The zero-order chi connectivity index (χ0) is 20.9. The van der Waals surface area contributed by atoms with Crippen LogP contribution >= 0.6 is 11.6 Å². The van der Waals surface area contributed by atoms with Crippen molar-refractivity contribution < 1.29 is 4.79 Å². The molecule has 0 spiro atoms. The maximum absolute atomic E-state index is 13.1. The first-order valence-corrected chi connectivity index (χ1v) is 9.78. The Balaban J connectivity index is 1.81. The molecule has 1 aromatic heterocycles. The van der Waals surface area contributed by atoms with Gasteiger partial charge in [-0.15, -0.1) is 0 Å². The van der Waals surface area contributed by atoms with Crippen LogP contribution in [0.3, 0.4) is 0 Å². The number of carbonyl (C=O) groups excluding carboxylic acids is 1. The number of carbonyl (C=O) groups is 1. The fraction of sp³-hybridized carbons (Fsp3) is 0.0417. The molecule has 0 atom stereocenters. The SMILES string of the molecule is O=C(NCc1ccccc1Cl)c1c(-c2ccccc2)c(-c2ccccc2)n[nH]c1=O. The molecule has 0 radical (unpaired) electrons. The molecule has 0 fully saturated rings. The van der Waals surface area contributed by atoms with E-state index >= 15 is 0 Å². The summed E-state index contributed by atoms with van der Waals surface area (Å²) in [6, 6.07) is 26.0. The van der Waals surface area contributed by atoms with Crippen molar-refractivity contribution in [3.63, 3.8) is 0 Å². The third-order valence-corrected chi connectivity index (χ3v) is 5.09. The van der Waals surface area contributed by atoms with Gasteiger partial charge in [-0.25, -0.2) is 5.10 Å². The summed E-state index contributed by atoms with van der Waals surface area (Å²) < 4.78 is 0. The number of hydrogen-bond donors (Lipinski definition) is 2. The van der Waals surface area contributed by atoms with Gasteiger partial charge < -0.3 is 5.32 Å². The second-order valence-corrected chi connectivity index (χ2v) is 7.06. The molecule has 0 bridgehead atoms. The summed E-state index contributed by atoms with van der Waals surface area (Å²) in [4.78, 5) is 25.8. The van der Waals surface area contributed by atoms with Crippen molar-refractivity contribution in [2.75, 3.05) is 0 Å². The van der Waals surface area contributed by atoms with Gasteiger partial charge in [0.05, 0.1) is 5.69 Å². The van der Waals surface area contributed by atoms with Crippen LogP contribution in [0.5, 0.6) is 0 Å². The Labute approximate surface area is 178 Å². The highest BCUT2D eigenvalue weighted by molar-refractivity contribution is 6.31. The lowest BCUT2D eigenvalue weighted by Crippen LogP contribution is -2.31. The van der Waals surface area contributed by atoms with Crippen LogP contribution in [0.15, 0.2) is 89.7 Å². The van der Waals surface area contributed by atoms with E-state index in [4.69, 9.17) is 11.6 Å². The average Bonchev–Trinajstić information content (AvgIpc) is 2.79. The van der Waals surface area contributed by atoms with Gasteiger partial charge in [-0.1, -0.05) is 90.5 Å². The summed E-state index contributed by atoms with van der Waals surface area (Å²) in [6.07, 6.45) is 0. The fourth-order valence-corrected chi connectivity index (χ4v) is 3.47. The molecule has 0 unspecified atom stereocenters. The lowest BCUT2D eigenvalue weighted by Gasteiger charge is -2.14. The highest BCUT2D eigenvalue weighted by atomic mass is 35.5. The van der Waals surface area contributed by atoms with Gasteiger partial charge >= 0.3 is 0 Å². The van der Waals surface area contributed by atoms with Crippen LogP contribution < -0.4 is 10.9 Å². The van der Waals surface area contributed by atoms with Gasteiger partial charge in [0.1, 0.15) is 5.56 Å². The molecule has 3 aromatic carbocycles. The average molecular weight is 416 g/mol. The molecule has 0 aliphatic rings. The Morgan fingerprint density at radius 1 is 0.867 bits per heavy atom. The molecule has 30 heavy (non-hydrogen) atoms. The van der Waals surface area contributed by atoms with Gasteiger partial charge in [-0.3, -0.25) is 9.59 Å². The minimum Gasteiger partial charge on any atom is -0.348 e. The number of hydrogen-bond acceptors (Lipinski definition) is 3. The van der Waals surface area contributed by atoms with Gasteiger partial charge in [0.2, 0.25) is 0 Å². The predicted octanol–water partition coefficient (Wildman–Crippen LogP) is 4.69. The molecule has 0 aliphatic heterocycles. The molecular weight excluding hydrogens is 398 g/mol. The summed E-state index contributed by atoms with van der Waals surface area (Å²) in [5.74, 6) is -0.491. The Bertz CT molecular complexity index is 1240. The van der Waals surface area contributed by atoms with Crippen molar-refractivity contribution in [3.05, 3.63) is 111 Å². The van der Waals surface area contributed by atoms with Crippen molar-refractivity contribution in [2.45, 2.75) is 6.54 Å². The Morgan fingerprint density at radius 2 is 1.47 bits per heavy atom. The predicted molar refractivity (Wildman–Crippen MR) is 118 cm³/mol. The summed E-state index contributed by atoms with van der Waals surface area (Å²) in [7, 11) is 0. The number of amides is 1. The van der Waals surface area contributed by atoms with E-state index in [1.807, 2.05) is 78.9 Å². The number of benzene rings is 3. The molecule has 6 heteroatoms. The Hall–Kier alpha value is -3.70. The van der Waals surface area contributed by atoms with Gasteiger partial charge in [0, 0.05) is 22.7 Å². The number of aromatic amines is 1. The zero-order valence-corrected chi connectivity index (χ0v) is 16.7. The van der Waals surface area contributed by atoms with Gasteiger partial charge in [-0.2, -0.15) is 5.10 Å². The van der Waals surface area contributed by atoms with Crippen LogP contribution in [0.2, 0.25) is 5.02 Å². The van der Waals surface area contributed by atoms with E-state index in [0.29, 0.717) is 16.3 Å².